The van der Waals surface area contributed by atoms with Gasteiger partial charge in [-0.2, -0.15) is 0 Å². The first-order valence-electron chi connectivity index (χ1n) is 10.9. The lowest BCUT2D eigenvalue weighted by atomic mass is 9.94. The predicted octanol–water partition coefficient (Wildman–Crippen LogP) is 4.01. The van der Waals surface area contributed by atoms with Crippen LogP contribution < -0.4 is 10.6 Å². The van der Waals surface area contributed by atoms with E-state index in [2.05, 4.69) is 15.6 Å². The third kappa shape index (κ3) is 4.87. The molecule has 0 bridgehead atoms. The fourth-order valence-electron chi connectivity index (χ4n) is 4.10. The molecule has 2 aromatic carbocycles. The minimum Gasteiger partial charge on any atom is -0.378 e. The van der Waals surface area contributed by atoms with Crippen molar-refractivity contribution in [3.63, 3.8) is 0 Å². The quantitative estimate of drug-likeness (QED) is 0.289. The Morgan fingerprint density at radius 1 is 1.29 bits per heavy atom. The molecule has 5 rings (SSSR count). The Labute approximate surface area is 214 Å². The monoisotopic (exact) mass is 527 g/mol. The zero-order chi connectivity index (χ0) is 24.5. The molecule has 0 spiro atoms. The normalized spacial score (nSPS) is 18.4. The molecule has 0 aliphatic carbocycles. The Balaban J connectivity index is 1.49. The van der Waals surface area contributed by atoms with Crippen molar-refractivity contribution in [2.24, 2.45) is 0 Å². The van der Waals surface area contributed by atoms with Crippen LogP contribution >= 0.6 is 35.3 Å². The molecule has 2 aliphatic rings. The number of hydrogen-bond donors (Lipinski definition) is 2. The van der Waals surface area contributed by atoms with Gasteiger partial charge in [0.25, 0.3) is 11.6 Å². The highest BCUT2D eigenvalue weighted by molar-refractivity contribution is 8.01. The number of aromatic nitrogens is 1. The average Bonchev–Trinajstić information content (AvgIpc) is 3.26. The van der Waals surface area contributed by atoms with Crippen LogP contribution in [0.15, 0.2) is 63.0 Å². The largest absolute Gasteiger partial charge is 0.378 e. The summed E-state index contributed by atoms with van der Waals surface area (Å²) >= 11 is 8.09. The number of morpholine rings is 1. The number of thiocarbonyl (C=S) groups is 1. The van der Waals surface area contributed by atoms with Crippen LogP contribution in [0.4, 0.5) is 5.69 Å². The van der Waals surface area contributed by atoms with Crippen molar-refractivity contribution >= 4 is 62.2 Å². The number of ether oxygens (including phenoxy) is 1. The van der Waals surface area contributed by atoms with Gasteiger partial charge in [-0.05, 0) is 42.9 Å². The second kappa shape index (κ2) is 9.90. The predicted molar refractivity (Wildman–Crippen MR) is 139 cm³/mol. The molecule has 9 nitrogen and oxygen atoms in total. The molecule has 1 fully saturated rings. The molecule has 2 N–H and O–H groups in total. The number of nitro benzene ring substituents is 1. The molecule has 35 heavy (non-hydrogen) atoms. The Kier molecular flexibility index (Phi) is 6.69. The zero-order valence-corrected chi connectivity index (χ0v) is 21.1. The molecule has 0 unspecified atom stereocenters. The van der Waals surface area contributed by atoms with Crippen LogP contribution in [-0.2, 0) is 9.53 Å². The summed E-state index contributed by atoms with van der Waals surface area (Å²) < 4.78 is 7.12. The van der Waals surface area contributed by atoms with Crippen molar-refractivity contribution in [2.45, 2.75) is 22.2 Å². The van der Waals surface area contributed by atoms with Crippen LogP contribution in [-0.4, -0.2) is 52.1 Å². The van der Waals surface area contributed by atoms with E-state index in [0.29, 0.717) is 53.1 Å². The third-order valence-corrected chi connectivity index (χ3v) is 8.16. The smallest absolute Gasteiger partial charge is 0.283 e. The maximum Gasteiger partial charge on any atom is 0.283 e. The second-order valence-corrected chi connectivity index (χ2v) is 10.7. The first-order chi connectivity index (χ1) is 16.9. The molecule has 1 saturated heterocycles. The van der Waals surface area contributed by atoms with Crippen molar-refractivity contribution in [3.8, 4) is 0 Å². The van der Waals surface area contributed by atoms with Crippen molar-refractivity contribution in [3.05, 3.63) is 69.4 Å². The van der Waals surface area contributed by atoms with Gasteiger partial charge in [-0.1, -0.05) is 30.0 Å². The molecule has 12 heteroatoms. The summed E-state index contributed by atoms with van der Waals surface area (Å²) in [5, 5.41) is 18.5. The number of amides is 1. The minimum atomic E-state index is -0.612. The van der Waals surface area contributed by atoms with Crippen LogP contribution in [0.5, 0.6) is 0 Å². The van der Waals surface area contributed by atoms with Gasteiger partial charge >= 0.3 is 0 Å². The standard InChI is InChI=1S/C23H21N5O4S3/c1-13-19(21(29)27-8-10-32-11-9-27)20(26-22(33)24-13)14-6-7-18(16(12-14)28(30)31)35-23-25-15-4-2-3-5-17(15)34-23/h2-7,12,20H,8-11H2,1H3,(H2,24,26,33)/t20-/m0/s1. The fraction of sp³-hybridized carbons (Fsp3) is 0.261. The van der Waals surface area contributed by atoms with E-state index in [0.717, 1.165) is 14.6 Å². The summed E-state index contributed by atoms with van der Waals surface area (Å²) in [5.74, 6) is -0.145. The summed E-state index contributed by atoms with van der Waals surface area (Å²) in [7, 11) is 0. The van der Waals surface area contributed by atoms with Crippen LogP contribution in [0.3, 0.4) is 0 Å². The summed E-state index contributed by atoms with van der Waals surface area (Å²) in [6, 6.07) is 12.2. The number of benzene rings is 2. The first-order valence-corrected chi connectivity index (χ1v) is 12.9. The van der Waals surface area contributed by atoms with Crippen molar-refractivity contribution < 1.29 is 14.5 Å². The van der Waals surface area contributed by atoms with Gasteiger partial charge in [-0.15, -0.1) is 11.3 Å². The van der Waals surface area contributed by atoms with Gasteiger partial charge in [0.1, 0.15) is 0 Å². The number of carbonyl (C=O) groups is 1. The van der Waals surface area contributed by atoms with Gasteiger partial charge in [0.05, 0.1) is 44.9 Å². The van der Waals surface area contributed by atoms with E-state index in [-0.39, 0.29) is 11.6 Å². The average molecular weight is 528 g/mol. The molecular formula is C23H21N5O4S3. The molecule has 1 aromatic heterocycles. The summed E-state index contributed by atoms with van der Waals surface area (Å²) in [4.78, 5) is 31.8. The van der Waals surface area contributed by atoms with E-state index in [4.69, 9.17) is 17.0 Å². The van der Waals surface area contributed by atoms with E-state index in [1.165, 1.54) is 29.2 Å². The highest BCUT2D eigenvalue weighted by Gasteiger charge is 2.34. The lowest BCUT2D eigenvalue weighted by molar-refractivity contribution is -0.387. The van der Waals surface area contributed by atoms with Gasteiger partial charge in [-0.3, -0.25) is 14.9 Å². The number of hydrogen-bond acceptors (Lipinski definition) is 8. The molecule has 180 valence electrons. The number of nitrogens with one attached hydrogen (secondary N) is 2. The number of thiazole rings is 1. The summed E-state index contributed by atoms with van der Waals surface area (Å²) in [5.41, 5.74) is 2.52. The van der Waals surface area contributed by atoms with Crippen molar-refractivity contribution in [1.82, 2.24) is 20.5 Å². The topological polar surface area (TPSA) is 110 Å². The van der Waals surface area contributed by atoms with E-state index in [9.17, 15) is 14.9 Å². The fourth-order valence-corrected chi connectivity index (χ4v) is 6.48. The lowest BCUT2D eigenvalue weighted by Crippen LogP contribution is -2.49. The lowest BCUT2D eigenvalue weighted by Gasteiger charge is -2.34. The summed E-state index contributed by atoms with van der Waals surface area (Å²) in [6.45, 7) is 3.73. The maximum absolute atomic E-state index is 13.4. The number of rotatable bonds is 5. The number of allylic oxidation sites excluding steroid dienone is 1. The molecule has 0 saturated carbocycles. The number of nitro groups is 1. The molecule has 3 aromatic rings. The number of nitrogens with zero attached hydrogens (tertiary/aromatic N) is 3. The Morgan fingerprint density at radius 2 is 2.06 bits per heavy atom. The number of fused-ring (bicyclic) bond motifs is 1. The first kappa shape index (κ1) is 23.7. The van der Waals surface area contributed by atoms with E-state index >= 15 is 0 Å². The van der Waals surface area contributed by atoms with Crippen LogP contribution in [0.1, 0.15) is 18.5 Å². The van der Waals surface area contributed by atoms with E-state index < -0.39 is 11.0 Å². The Hall–Kier alpha value is -3.06. The SMILES string of the molecule is CC1=C(C(=O)N2CCOCC2)[C@H](c2ccc(Sc3nc4ccccc4s3)c([N+](=O)[O-])c2)NC(=S)N1. The zero-order valence-electron chi connectivity index (χ0n) is 18.6. The highest BCUT2D eigenvalue weighted by atomic mass is 32.2. The second-order valence-electron chi connectivity index (χ2n) is 8.01. The van der Waals surface area contributed by atoms with Gasteiger partial charge in [0.2, 0.25) is 0 Å². The van der Waals surface area contributed by atoms with Crippen molar-refractivity contribution in [2.75, 3.05) is 26.3 Å². The van der Waals surface area contributed by atoms with Crippen LogP contribution in [0.25, 0.3) is 10.2 Å². The van der Waals surface area contributed by atoms with E-state index in [1.54, 1.807) is 24.0 Å². The molecule has 3 heterocycles. The van der Waals surface area contributed by atoms with Gasteiger partial charge < -0.3 is 20.3 Å². The Morgan fingerprint density at radius 3 is 2.80 bits per heavy atom. The highest BCUT2D eigenvalue weighted by Crippen LogP contribution is 2.40. The van der Waals surface area contributed by atoms with Crippen molar-refractivity contribution in [1.29, 1.82) is 0 Å². The molecule has 2 aliphatic heterocycles. The van der Waals surface area contributed by atoms with Crippen LogP contribution in [0.2, 0.25) is 0 Å². The molecular weight excluding hydrogens is 506 g/mol. The summed E-state index contributed by atoms with van der Waals surface area (Å²) in [6.07, 6.45) is 0. The van der Waals surface area contributed by atoms with Gasteiger partial charge in [0, 0.05) is 24.9 Å². The molecule has 1 atom stereocenters. The number of para-hydroxylation sites is 1. The van der Waals surface area contributed by atoms with Gasteiger partial charge in [0.15, 0.2) is 9.45 Å². The van der Waals surface area contributed by atoms with Gasteiger partial charge in [-0.25, -0.2) is 4.98 Å². The maximum atomic E-state index is 13.4. The third-order valence-electron chi connectivity index (χ3n) is 5.78. The number of carbonyl (C=O) groups excluding carboxylic acids is 1. The Bertz CT molecular complexity index is 1330. The van der Waals surface area contributed by atoms with E-state index in [1.807, 2.05) is 24.3 Å². The molecule has 0 radical (unpaired) electrons. The molecule has 1 amide bonds. The van der Waals surface area contributed by atoms with Crippen LogP contribution in [0, 0.1) is 10.1 Å². The minimum absolute atomic E-state index is 0.0474.